The van der Waals surface area contributed by atoms with E-state index in [0.29, 0.717) is 22.7 Å². The Balaban J connectivity index is 1.52. The number of halogens is 3. The second kappa shape index (κ2) is 11.0. The zero-order chi connectivity index (χ0) is 24.8. The minimum atomic E-state index is -4.59. The molecule has 2 N–H and O–H groups in total. The molecule has 184 valence electrons. The number of aromatic nitrogens is 2. The number of benzene rings is 2. The van der Waals surface area contributed by atoms with Gasteiger partial charge in [0.1, 0.15) is 0 Å². The fourth-order valence-electron chi connectivity index (χ4n) is 3.56. The van der Waals surface area contributed by atoms with Gasteiger partial charge in [0.25, 0.3) is 0 Å². The number of alkyl halides is 3. The van der Waals surface area contributed by atoms with Crippen molar-refractivity contribution in [1.29, 1.82) is 0 Å². The summed E-state index contributed by atoms with van der Waals surface area (Å²) in [5.74, 6) is 1.13. The lowest BCUT2D eigenvalue weighted by molar-refractivity contribution is -0.138. The Hall–Kier alpha value is -3.31. The molecule has 4 rings (SSSR count). The van der Waals surface area contributed by atoms with Gasteiger partial charge in [0.05, 0.1) is 17.7 Å². The molecule has 3 aromatic rings. The topological polar surface area (TPSA) is 85.4 Å². The molecule has 2 heterocycles. The van der Waals surface area contributed by atoms with Gasteiger partial charge in [-0.1, -0.05) is 25.1 Å². The lowest BCUT2D eigenvalue weighted by Crippen LogP contribution is -2.14. The molecular formula is C24H23F3N4O3S. The van der Waals surface area contributed by atoms with Crippen LogP contribution in [0, 0.1) is 0 Å². The van der Waals surface area contributed by atoms with Gasteiger partial charge < -0.3 is 15.5 Å². The number of aryl methyl sites for hydroxylation is 2. The number of anilines is 3. The molecule has 0 atom stereocenters. The minimum absolute atomic E-state index is 0.0110. The van der Waals surface area contributed by atoms with Gasteiger partial charge in [-0.2, -0.15) is 13.2 Å². The van der Waals surface area contributed by atoms with Gasteiger partial charge in [-0.3, -0.25) is 4.79 Å². The molecule has 0 aliphatic carbocycles. The summed E-state index contributed by atoms with van der Waals surface area (Å²) in [7, 11) is 0. The zero-order valence-corrected chi connectivity index (χ0v) is 19.6. The van der Waals surface area contributed by atoms with E-state index in [-0.39, 0.29) is 36.8 Å². The van der Waals surface area contributed by atoms with Crippen LogP contribution in [0.2, 0.25) is 0 Å². The van der Waals surface area contributed by atoms with E-state index in [0.717, 1.165) is 36.0 Å². The highest BCUT2D eigenvalue weighted by molar-refractivity contribution is 7.94. The number of carbonyl (C=O) groups excluding carboxylic acids is 1. The van der Waals surface area contributed by atoms with Gasteiger partial charge in [-0.15, -0.1) is 4.33 Å². The van der Waals surface area contributed by atoms with Crippen LogP contribution in [0.5, 0.6) is 5.75 Å². The number of para-hydroxylation sites is 1. The second-order valence-electron chi connectivity index (χ2n) is 7.85. The average Bonchev–Trinajstić information content (AvgIpc) is 3.20. The number of fused-ring (bicyclic) bond motifs is 1. The summed E-state index contributed by atoms with van der Waals surface area (Å²) in [6.07, 6.45) is -2.38. The third kappa shape index (κ3) is 6.43. The summed E-state index contributed by atoms with van der Waals surface area (Å²) in [4.78, 5) is 24.9. The highest BCUT2D eigenvalue weighted by Gasteiger charge is 2.35. The van der Waals surface area contributed by atoms with Crippen molar-refractivity contribution < 1.29 is 27.2 Å². The van der Waals surface area contributed by atoms with Crippen molar-refractivity contribution >= 4 is 35.3 Å². The molecule has 0 saturated heterocycles. The van der Waals surface area contributed by atoms with Crippen molar-refractivity contribution in [2.24, 2.45) is 0 Å². The van der Waals surface area contributed by atoms with Crippen LogP contribution >= 0.6 is 12.0 Å². The highest BCUT2D eigenvalue weighted by atomic mass is 32.2. The Labute approximate surface area is 204 Å². The monoisotopic (exact) mass is 504 g/mol. The number of amides is 1. The molecule has 0 radical (unpaired) electrons. The highest BCUT2D eigenvalue weighted by Crippen LogP contribution is 2.33. The number of rotatable bonds is 10. The van der Waals surface area contributed by atoms with Crippen LogP contribution in [0.15, 0.2) is 48.7 Å². The van der Waals surface area contributed by atoms with E-state index < -0.39 is 11.7 Å². The third-order valence-corrected chi connectivity index (χ3v) is 5.96. The fraction of sp³-hybridized carbons (Fsp3) is 0.292. The Morgan fingerprint density at radius 3 is 2.80 bits per heavy atom. The first-order valence-corrected chi connectivity index (χ1v) is 11.9. The molecule has 1 aromatic heterocycles. The van der Waals surface area contributed by atoms with Gasteiger partial charge in [-0.25, -0.2) is 9.97 Å². The van der Waals surface area contributed by atoms with Crippen LogP contribution in [0.1, 0.15) is 35.7 Å². The molecule has 7 nitrogen and oxygen atoms in total. The first-order valence-electron chi connectivity index (χ1n) is 11.0. The van der Waals surface area contributed by atoms with Gasteiger partial charge >= 0.3 is 6.18 Å². The first kappa shape index (κ1) is 24.8. The van der Waals surface area contributed by atoms with Crippen molar-refractivity contribution in [2.75, 3.05) is 16.4 Å². The molecule has 1 amide bonds. The minimum Gasteiger partial charge on any atom is -0.326 e. The van der Waals surface area contributed by atoms with Gasteiger partial charge in [0, 0.05) is 35.4 Å². The predicted octanol–water partition coefficient (Wildman–Crippen LogP) is 5.89. The second-order valence-corrected chi connectivity index (χ2v) is 8.63. The van der Waals surface area contributed by atoms with E-state index in [1.165, 1.54) is 0 Å². The van der Waals surface area contributed by atoms with E-state index in [2.05, 4.69) is 20.6 Å². The standard InChI is InChI=1S/C24H23F3N4O3S/c1-2-11-35-34-33-21-6-4-3-5-15(21)7-9-20-18(24(25,26)27)14-28-23(31-20)29-17-8-10-19-16(12-17)13-22(32)30-19/h3-6,8,10,12,14H,2,7,9,11,13H2,1H3,(H,30,32)(H,28,29,31). The van der Waals surface area contributed by atoms with Crippen LogP contribution in [0.4, 0.5) is 30.5 Å². The van der Waals surface area contributed by atoms with Crippen LogP contribution in [-0.4, -0.2) is 21.6 Å². The summed E-state index contributed by atoms with van der Waals surface area (Å²) >= 11 is 1.16. The molecule has 1 aliphatic heterocycles. The van der Waals surface area contributed by atoms with Gasteiger partial charge in [0.2, 0.25) is 11.9 Å². The molecule has 2 aromatic carbocycles. The normalized spacial score (nSPS) is 12.9. The van der Waals surface area contributed by atoms with E-state index in [9.17, 15) is 18.0 Å². The number of nitrogens with one attached hydrogen (secondary N) is 2. The van der Waals surface area contributed by atoms with Crippen LogP contribution in [-0.2, 0) is 34.6 Å². The summed E-state index contributed by atoms with van der Waals surface area (Å²) in [5, 5.41) is 5.67. The zero-order valence-electron chi connectivity index (χ0n) is 18.8. The Morgan fingerprint density at radius 1 is 1.17 bits per heavy atom. The number of hydrogen-bond donors (Lipinski definition) is 2. The van der Waals surface area contributed by atoms with E-state index in [1.807, 2.05) is 6.92 Å². The number of carbonyl (C=O) groups is 1. The molecular weight excluding hydrogens is 481 g/mol. The maximum absolute atomic E-state index is 13.7. The molecule has 35 heavy (non-hydrogen) atoms. The van der Waals surface area contributed by atoms with E-state index in [1.54, 1.807) is 42.5 Å². The van der Waals surface area contributed by atoms with Crippen LogP contribution in [0.3, 0.4) is 0 Å². The molecule has 0 spiro atoms. The largest absolute Gasteiger partial charge is 0.419 e. The SMILES string of the molecule is CCCSOOc1ccccc1CCc1nc(Nc2ccc3c(c2)CC(=O)N3)ncc1C(F)(F)F. The van der Waals surface area contributed by atoms with Crippen molar-refractivity contribution in [3.05, 3.63) is 71.0 Å². The molecule has 1 aliphatic rings. The lowest BCUT2D eigenvalue weighted by atomic mass is 10.0. The summed E-state index contributed by atoms with van der Waals surface area (Å²) in [6.45, 7) is 2.01. The molecule has 0 saturated carbocycles. The number of hydrogen-bond acceptors (Lipinski definition) is 7. The van der Waals surface area contributed by atoms with Crippen molar-refractivity contribution in [3.8, 4) is 5.75 Å². The Morgan fingerprint density at radius 2 is 2.00 bits per heavy atom. The first-order chi connectivity index (χ1) is 16.8. The maximum atomic E-state index is 13.7. The third-order valence-electron chi connectivity index (χ3n) is 5.22. The van der Waals surface area contributed by atoms with Crippen LogP contribution < -0.4 is 15.5 Å². The van der Waals surface area contributed by atoms with Crippen LogP contribution in [0.25, 0.3) is 0 Å². The molecule has 0 bridgehead atoms. The fourth-order valence-corrected chi connectivity index (χ4v) is 3.92. The van der Waals surface area contributed by atoms with Gasteiger partial charge in [0.15, 0.2) is 5.75 Å². The Bertz CT molecular complexity index is 1210. The molecule has 11 heteroatoms. The van der Waals surface area contributed by atoms with Crippen molar-refractivity contribution in [1.82, 2.24) is 9.97 Å². The summed E-state index contributed by atoms with van der Waals surface area (Å²) in [5.41, 5.74) is 1.76. The van der Waals surface area contributed by atoms with E-state index >= 15 is 0 Å². The van der Waals surface area contributed by atoms with Crippen molar-refractivity contribution in [3.63, 3.8) is 0 Å². The van der Waals surface area contributed by atoms with E-state index in [4.69, 9.17) is 9.22 Å². The summed E-state index contributed by atoms with van der Waals surface area (Å²) in [6, 6.07) is 12.2. The maximum Gasteiger partial charge on any atom is 0.419 e. The molecule has 0 fully saturated rings. The average molecular weight is 505 g/mol. The number of nitrogens with zero attached hydrogens (tertiary/aromatic N) is 2. The Kier molecular flexibility index (Phi) is 7.76. The summed E-state index contributed by atoms with van der Waals surface area (Å²) < 4.78 is 46.1. The van der Waals surface area contributed by atoms with Crippen molar-refractivity contribution in [2.45, 2.75) is 38.8 Å². The smallest absolute Gasteiger partial charge is 0.326 e. The van der Waals surface area contributed by atoms with Gasteiger partial charge in [-0.05, 0) is 54.7 Å². The predicted molar refractivity (Wildman–Crippen MR) is 127 cm³/mol. The lowest BCUT2D eigenvalue weighted by Gasteiger charge is -2.14. The molecule has 0 unspecified atom stereocenters. The quantitative estimate of drug-likeness (QED) is 0.154.